The van der Waals surface area contributed by atoms with Gasteiger partial charge in [-0.1, -0.05) is 0 Å². The summed E-state index contributed by atoms with van der Waals surface area (Å²) < 4.78 is 31.7. The molecule has 0 bridgehead atoms. The van der Waals surface area contributed by atoms with E-state index in [-0.39, 0.29) is 12.3 Å². The Morgan fingerprint density at radius 3 is 1.54 bits per heavy atom. The van der Waals surface area contributed by atoms with Gasteiger partial charge in [-0.05, 0) is 0 Å². The lowest BCUT2D eigenvalue weighted by Gasteiger charge is -1.93. The first kappa shape index (κ1) is 14.5. The van der Waals surface area contributed by atoms with Crippen LogP contribution in [0.1, 0.15) is 6.42 Å². The molecular weight excluding hydrogens is 216 g/mol. The monoisotopic (exact) mass is 222 g/mol. The van der Waals surface area contributed by atoms with Gasteiger partial charge in [-0.15, -0.1) is 11.6 Å². The van der Waals surface area contributed by atoms with Gasteiger partial charge in [0.05, 0.1) is 6.42 Å². The summed E-state index contributed by atoms with van der Waals surface area (Å²) in [7, 11) is 0. The molecule has 0 rings (SSSR count). The summed E-state index contributed by atoms with van der Waals surface area (Å²) in [5, 5.41) is 15.0. The van der Waals surface area contributed by atoms with E-state index < -0.39 is 18.1 Å². The van der Waals surface area contributed by atoms with Gasteiger partial charge in [-0.3, -0.25) is 4.79 Å². The third kappa shape index (κ3) is 13.9. The van der Waals surface area contributed by atoms with Gasteiger partial charge in [0.25, 0.3) is 0 Å². The van der Waals surface area contributed by atoms with Crippen molar-refractivity contribution < 1.29 is 33.0 Å². The Balaban J connectivity index is 0. The summed E-state index contributed by atoms with van der Waals surface area (Å²) in [6, 6.07) is 0. The van der Waals surface area contributed by atoms with E-state index in [1.807, 2.05) is 0 Å². The van der Waals surface area contributed by atoms with Gasteiger partial charge in [-0.25, -0.2) is 4.79 Å². The first-order chi connectivity index (χ1) is 5.71. The zero-order chi connectivity index (χ0) is 11.1. The normalized spacial score (nSPS) is 9.85. The zero-order valence-corrected chi connectivity index (χ0v) is 6.89. The van der Waals surface area contributed by atoms with Crippen LogP contribution in [0.5, 0.6) is 0 Å². The zero-order valence-electron chi connectivity index (χ0n) is 6.14. The number of hydrogen-bond acceptors (Lipinski definition) is 2. The molecule has 0 aromatic rings. The van der Waals surface area contributed by atoms with E-state index in [1.54, 1.807) is 0 Å². The first-order valence-electron chi connectivity index (χ1n) is 2.79. The lowest BCUT2D eigenvalue weighted by atomic mass is 10.5. The Hall–Kier alpha value is -0.980. The third-order valence-electron chi connectivity index (χ3n) is 0.551. The molecule has 2 N–H and O–H groups in total. The van der Waals surface area contributed by atoms with Crippen molar-refractivity contribution in [2.75, 3.05) is 5.88 Å². The SMILES string of the molecule is O=C(O)C(F)(F)F.O=C(O)CCCl. The maximum atomic E-state index is 10.6. The van der Waals surface area contributed by atoms with Gasteiger partial charge >= 0.3 is 18.1 Å². The topological polar surface area (TPSA) is 74.6 Å². The van der Waals surface area contributed by atoms with E-state index in [0.717, 1.165) is 0 Å². The number of carbonyl (C=O) groups is 2. The molecule has 0 heterocycles. The molecule has 0 spiro atoms. The fourth-order valence-electron chi connectivity index (χ4n) is 0.0808. The van der Waals surface area contributed by atoms with Crippen LogP contribution >= 0.6 is 11.6 Å². The molecule has 78 valence electrons. The van der Waals surface area contributed by atoms with Gasteiger partial charge in [0.1, 0.15) is 0 Å². The molecule has 0 amide bonds. The average Bonchev–Trinajstić information content (AvgIpc) is 1.85. The molecule has 0 unspecified atom stereocenters. The number of halogens is 4. The molecule has 0 saturated heterocycles. The molecule has 13 heavy (non-hydrogen) atoms. The van der Waals surface area contributed by atoms with Gasteiger partial charge < -0.3 is 10.2 Å². The minimum absolute atomic E-state index is 0.0571. The number of carboxylic acid groups (broad SMARTS) is 2. The molecule has 0 aliphatic heterocycles. The smallest absolute Gasteiger partial charge is 0.481 e. The van der Waals surface area contributed by atoms with Crippen molar-refractivity contribution in [1.29, 1.82) is 0 Å². The molecule has 0 radical (unpaired) electrons. The number of carboxylic acids is 2. The number of aliphatic carboxylic acids is 2. The largest absolute Gasteiger partial charge is 0.490 e. The molecule has 8 heteroatoms. The van der Waals surface area contributed by atoms with E-state index in [2.05, 4.69) is 0 Å². The third-order valence-corrected chi connectivity index (χ3v) is 0.740. The van der Waals surface area contributed by atoms with Crippen molar-refractivity contribution in [2.45, 2.75) is 12.6 Å². The van der Waals surface area contributed by atoms with E-state index in [9.17, 15) is 18.0 Å². The highest BCUT2D eigenvalue weighted by Crippen LogP contribution is 2.13. The van der Waals surface area contributed by atoms with Crippen LogP contribution in [0.25, 0.3) is 0 Å². The second-order valence-electron chi connectivity index (χ2n) is 1.64. The Morgan fingerprint density at radius 2 is 1.54 bits per heavy atom. The van der Waals surface area contributed by atoms with E-state index >= 15 is 0 Å². The molecule has 4 nitrogen and oxygen atoms in total. The van der Waals surface area contributed by atoms with Crippen LogP contribution in [0.4, 0.5) is 13.2 Å². The van der Waals surface area contributed by atoms with Crippen LogP contribution in [0, 0.1) is 0 Å². The molecule has 0 saturated carbocycles. The summed E-state index contributed by atoms with van der Waals surface area (Å²) in [5.74, 6) is -3.40. The highest BCUT2D eigenvalue weighted by atomic mass is 35.5. The van der Waals surface area contributed by atoms with Crippen molar-refractivity contribution in [2.24, 2.45) is 0 Å². The van der Waals surface area contributed by atoms with Crippen molar-refractivity contribution in [1.82, 2.24) is 0 Å². The predicted molar refractivity (Wildman–Crippen MR) is 36.7 cm³/mol. The molecular formula is C5H6ClF3O4. The molecule has 0 fully saturated rings. The van der Waals surface area contributed by atoms with Crippen molar-refractivity contribution in [3.63, 3.8) is 0 Å². The minimum Gasteiger partial charge on any atom is -0.481 e. The quantitative estimate of drug-likeness (QED) is 0.692. The standard InChI is InChI=1S/C3H5ClO2.C2HF3O2/c4-2-1-3(5)6;3-2(4,5)1(6)7/h1-2H2,(H,5,6);(H,6,7). The molecule has 0 aliphatic carbocycles. The lowest BCUT2D eigenvalue weighted by Crippen LogP contribution is -2.21. The van der Waals surface area contributed by atoms with Crippen molar-refractivity contribution in [3.8, 4) is 0 Å². The van der Waals surface area contributed by atoms with Gasteiger partial charge in [0, 0.05) is 5.88 Å². The molecule has 0 aliphatic rings. The fourth-order valence-corrected chi connectivity index (χ4v) is 0.243. The van der Waals surface area contributed by atoms with Crippen LogP contribution < -0.4 is 0 Å². The highest BCUT2D eigenvalue weighted by molar-refractivity contribution is 6.18. The minimum atomic E-state index is -5.08. The first-order valence-corrected chi connectivity index (χ1v) is 3.33. The molecule has 0 aromatic carbocycles. The van der Waals surface area contributed by atoms with Gasteiger partial charge in [-0.2, -0.15) is 13.2 Å². The van der Waals surface area contributed by atoms with Gasteiger partial charge in [0.2, 0.25) is 0 Å². The molecule has 0 aromatic heterocycles. The maximum Gasteiger partial charge on any atom is 0.490 e. The number of rotatable bonds is 2. The van der Waals surface area contributed by atoms with Crippen LogP contribution in [-0.4, -0.2) is 34.2 Å². The van der Waals surface area contributed by atoms with Crippen molar-refractivity contribution in [3.05, 3.63) is 0 Å². The Bertz CT molecular complexity index is 179. The van der Waals surface area contributed by atoms with Crippen LogP contribution in [0.2, 0.25) is 0 Å². The van der Waals surface area contributed by atoms with E-state index in [4.69, 9.17) is 26.6 Å². The second-order valence-corrected chi connectivity index (χ2v) is 2.01. The number of hydrogen-bond donors (Lipinski definition) is 2. The Labute approximate surface area is 75.9 Å². The Morgan fingerprint density at radius 1 is 1.23 bits per heavy atom. The second kappa shape index (κ2) is 6.53. The predicted octanol–water partition coefficient (Wildman–Crippen LogP) is 1.33. The van der Waals surface area contributed by atoms with E-state index in [1.165, 1.54) is 0 Å². The highest BCUT2D eigenvalue weighted by Gasteiger charge is 2.38. The Kier molecular flexibility index (Phi) is 7.30. The van der Waals surface area contributed by atoms with Gasteiger partial charge in [0.15, 0.2) is 0 Å². The van der Waals surface area contributed by atoms with Crippen LogP contribution in [0.15, 0.2) is 0 Å². The van der Waals surface area contributed by atoms with E-state index in [0.29, 0.717) is 0 Å². The van der Waals surface area contributed by atoms with Crippen LogP contribution in [-0.2, 0) is 9.59 Å². The summed E-state index contributed by atoms with van der Waals surface area (Å²) in [5.41, 5.74) is 0. The van der Waals surface area contributed by atoms with Crippen molar-refractivity contribution >= 4 is 23.5 Å². The summed E-state index contributed by atoms with van der Waals surface area (Å²) in [6.45, 7) is 0. The summed E-state index contributed by atoms with van der Waals surface area (Å²) >= 11 is 5.02. The summed E-state index contributed by atoms with van der Waals surface area (Å²) in [4.78, 5) is 18.4. The average molecular weight is 223 g/mol. The summed E-state index contributed by atoms with van der Waals surface area (Å²) in [6.07, 6.45) is -5.03. The molecule has 0 atom stereocenters. The van der Waals surface area contributed by atoms with Crippen LogP contribution in [0.3, 0.4) is 0 Å². The number of alkyl halides is 4. The lowest BCUT2D eigenvalue weighted by molar-refractivity contribution is -0.192. The fraction of sp³-hybridized carbons (Fsp3) is 0.600. The maximum absolute atomic E-state index is 10.6.